The maximum atomic E-state index is 14.2. The predicted molar refractivity (Wildman–Crippen MR) is 92.0 cm³/mol. The molecule has 1 aliphatic rings. The number of amides is 1. The first-order valence-electron chi connectivity index (χ1n) is 7.44. The van der Waals surface area contributed by atoms with Gasteiger partial charge in [0.05, 0.1) is 10.6 Å². The first-order chi connectivity index (χ1) is 11.0. The summed E-state index contributed by atoms with van der Waals surface area (Å²) in [6, 6.07) is 4.45. The van der Waals surface area contributed by atoms with Gasteiger partial charge in [-0.05, 0) is 31.9 Å². The van der Waals surface area contributed by atoms with Crippen molar-refractivity contribution in [3.05, 3.63) is 40.4 Å². The van der Waals surface area contributed by atoms with Crippen LogP contribution in [0.1, 0.15) is 29.0 Å². The number of aryl methyl sites for hydroxylation is 1. The number of halogens is 3. The molecule has 24 heavy (non-hydrogen) atoms. The number of nitrogens with zero attached hydrogens (tertiary/aromatic N) is 2. The van der Waals surface area contributed by atoms with Crippen LogP contribution in [0.25, 0.3) is 11.3 Å². The molecule has 0 radical (unpaired) electrons. The minimum atomic E-state index is -0.541. The number of nitrogens with two attached hydrogens (primary N) is 1. The van der Waals surface area contributed by atoms with Gasteiger partial charge in [-0.3, -0.25) is 4.79 Å². The molecule has 1 amide bonds. The highest BCUT2D eigenvalue weighted by Gasteiger charge is 2.30. The zero-order valence-electron chi connectivity index (χ0n) is 13.1. The van der Waals surface area contributed by atoms with Crippen molar-refractivity contribution in [1.82, 2.24) is 10.1 Å². The van der Waals surface area contributed by atoms with E-state index in [0.29, 0.717) is 18.8 Å². The summed E-state index contributed by atoms with van der Waals surface area (Å²) >= 11 is 6.09. The number of hydrogen-bond acceptors (Lipinski definition) is 4. The molecule has 2 N–H and O–H groups in total. The summed E-state index contributed by atoms with van der Waals surface area (Å²) in [5.74, 6) is -0.426. The molecule has 2 heterocycles. The molecule has 2 aromatic rings. The fraction of sp³-hybridized carbons (Fsp3) is 0.375. The summed E-state index contributed by atoms with van der Waals surface area (Å²) in [5.41, 5.74) is 6.36. The molecule has 1 aliphatic heterocycles. The van der Waals surface area contributed by atoms with Crippen molar-refractivity contribution in [2.45, 2.75) is 25.8 Å². The Morgan fingerprint density at radius 1 is 1.42 bits per heavy atom. The molecule has 1 aromatic heterocycles. The topological polar surface area (TPSA) is 72.4 Å². The van der Waals surface area contributed by atoms with Crippen molar-refractivity contribution < 1.29 is 13.7 Å². The van der Waals surface area contributed by atoms with Crippen LogP contribution in [0, 0.1) is 12.7 Å². The molecule has 0 spiro atoms. The van der Waals surface area contributed by atoms with E-state index < -0.39 is 5.82 Å². The SMILES string of the molecule is Cc1onc(-c2c(F)cccc2Cl)c1C(=O)N1CCC(N)CC1.Cl. The second kappa shape index (κ2) is 7.51. The van der Waals surface area contributed by atoms with Gasteiger partial charge in [-0.15, -0.1) is 12.4 Å². The van der Waals surface area contributed by atoms with Crippen molar-refractivity contribution in [1.29, 1.82) is 0 Å². The second-order valence-electron chi connectivity index (χ2n) is 5.69. The highest BCUT2D eigenvalue weighted by atomic mass is 35.5. The molecule has 0 unspecified atom stereocenters. The Balaban J connectivity index is 0.00000208. The summed E-state index contributed by atoms with van der Waals surface area (Å²) in [6.45, 7) is 2.76. The van der Waals surface area contributed by atoms with Gasteiger partial charge in [-0.1, -0.05) is 22.8 Å². The van der Waals surface area contributed by atoms with Gasteiger partial charge in [-0.2, -0.15) is 0 Å². The number of aromatic nitrogens is 1. The predicted octanol–water partition coefficient (Wildman–Crippen LogP) is 3.43. The maximum Gasteiger partial charge on any atom is 0.259 e. The Labute approximate surface area is 150 Å². The van der Waals surface area contributed by atoms with Crippen LogP contribution in [-0.4, -0.2) is 35.1 Å². The molecule has 0 bridgehead atoms. The van der Waals surface area contributed by atoms with Gasteiger partial charge in [-0.25, -0.2) is 4.39 Å². The first kappa shape index (κ1) is 18.7. The second-order valence-corrected chi connectivity index (χ2v) is 6.10. The molecule has 0 aliphatic carbocycles. The highest BCUT2D eigenvalue weighted by Crippen LogP contribution is 2.34. The van der Waals surface area contributed by atoms with E-state index in [1.807, 2.05) is 0 Å². The molecule has 130 valence electrons. The maximum absolute atomic E-state index is 14.2. The number of piperidine rings is 1. The lowest BCUT2D eigenvalue weighted by Crippen LogP contribution is -2.43. The van der Waals surface area contributed by atoms with Gasteiger partial charge in [0.25, 0.3) is 5.91 Å². The lowest BCUT2D eigenvalue weighted by molar-refractivity contribution is 0.0713. The number of benzene rings is 1. The van der Waals surface area contributed by atoms with E-state index in [4.69, 9.17) is 21.9 Å². The third-order valence-corrected chi connectivity index (χ3v) is 4.42. The van der Waals surface area contributed by atoms with Crippen LogP contribution in [0.2, 0.25) is 5.02 Å². The minimum Gasteiger partial charge on any atom is -0.360 e. The minimum absolute atomic E-state index is 0. The van der Waals surface area contributed by atoms with Crippen molar-refractivity contribution in [3.8, 4) is 11.3 Å². The van der Waals surface area contributed by atoms with Crippen molar-refractivity contribution in [2.24, 2.45) is 5.73 Å². The number of hydrogen-bond donors (Lipinski definition) is 1. The summed E-state index contributed by atoms with van der Waals surface area (Å²) in [5, 5.41) is 4.05. The Bertz CT molecular complexity index is 723. The molecule has 0 atom stereocenters. The molecular formula is C16H18Cl2FN3O2. The fourth-order valence-electron chi connectivity index (χ4n) is 2.78. The average molecular weight is 374 g/mol. The van der Waals surface area contributed by atoms with Crippen molar-refractivity contribution >= 4 is 29.9 Å². The number of carbonyl (C=O) groups is 1. The van der Waals surface area contributed by atoms with Crippen LogP contribution in [0.3, 0.4) is 0 Å². The van der Waals surface area contributed by atoms with E-state index in [1.54, 1.807) is 17.9 Å². The Morgan fingerprint density at radius 3 is 2.71 bits per heavy atom. The Kier molecular flexibility index (Phi) is 5.85. The summed E-state index contributed by atoms with van der Waals surface area (Å²) in [6.07, 6.45) is 1.48. The van der Waals surface area contributed by atoms with E-state index in [9.17, 15) is 9.18 Å². The number of likely N-dealkylation sites (tertiary alicyclic amines) is 1. The zero-order chi connectivity index (χ0) is 16.6. The van der Waals surface area contributed by atoms with E-state index >= 15 is 0 Å². The number of carbonyl (C=O) groups excluding carboxylic acids is 1. The molecular weight excluding hydrogens is 356 g/mol. The third-order valence-electron chi connectivity index (χ3n) is 4.10. The largest absolute Gasteiger partial charge is 0.360 e. The van der Waals surface area contributed by atoms with Gasteiger partial charge < -0.3 is 15.2 Å². The smallest absolute Gasteiger partial charge is 0.259 e. The van der Waals surface area contributed by atoms with E-state index in [1.165, 1.54) is 12.1 Å². The third kappa shape index (κ3) is 3.41. The van der Waals surface area contributed by atoms with E-state index in [2.05, 4.69) is 5.16 Å². The molecule has 1 fully saturated rings. The first-order valence-corrected chi connectivity index (χ1v) is 7.82. The van der Waals surface area contributed by atoms with Crippen molar-refractivity contribution in [3.63, 3.8) is 0 Å². The van der Waals surface area contributed by atoms with E-state index in [-0.39, 0.29) is 46.2 Å². The summed E-state index contributed by atoms with van der Waals surface area (Å²) in [7, 11) is 0. The quantitative estimate of drug-likeness (QED) is 0.874. The normalized spacial score (nSPS) is 15.2. The van der Waals surface area contributed by atoms with Gasteiger partial charge in [0.15, 0.2) is 0 Å². The van der Waals surface area contributed by atoms with Crippen molar-refractivity contribution in [2.75, 3.05) is 13.1 Å². The van der Waals surface area contributed by atoms with Gasteiger partial charge in [0, 0.05) is 19.1 Å². The van der Waals surface area contributed by atoms with Gasteiger partial charge >= 0.3 is 0 Å². The molecule has 1 aromatic carbocycles. The van der Waals surface area contributed by atoms with Crippen LogP contribution >= 0.6 is 24.0 Å². The Hall–Kier alpha value is -1.63. The number of rotatable bonds is 2. The molecule has 0 saturated carbocycles. The standard InChI is InChI=1S/C16H17ClFN3O2.ClH/c1-9-13(16(22)21-7-5-10(19)6-8-21)15(20-23-9)14-11(17)3-2-4-12(14)18;/h2-4,10H,5-8,19H2,1H3;1H. The monoisotopic (exact) mass is 373 g/mol. The Morgan fingerprint density at radius 2 is 2.08 bits per heavy atom. The van der Waals surface area contributed by atoms with Gasteiger partial charge in [0.1, 0.15) is 22.8 Å². The average Bonchev–Trinajstić information content (AvgIpc) is 2.89. The van der Waals surface area contributed by atoms with Gasteiger partial charge in [0.2, 0.25) is 0 Å². The van der Waals surface area contributed by atoms with E-state index in [0.717, 1.165) is 12.8 Å². The van der Waals surface area contributed by atoms with Crippen LogP contribution in [0.15, 0.2) is 22.7 Å². The van der Waals surface area contributed by atoms with Crippen LogP contribution in [0.5, 0.6) is 0 Å². The fourth-order valence-corrected chi connectivity index (χ4v) is 3.03. The van der Waals surface area contributed by atoms with Crippen LogP contribution in [-0.2, 0) is 0 Å². The summed E-state index contributed by atoms with van der Waals surface area (Å²) < 4.78 is 19.3. The molecule has 5 nitrogen and oxygen atoms in total. The molecule has 1 saturated heterocycles. The molecule has 3 rings (SSSR count). The van der Waals surface area contributed by atoms with Crippen LogP contribution in [0.4, 0.5) is 4.39 Å². The molecule has 8 heteroatoms. The van der Waals surface area contributed by atoms with Crippen LogP contribution < -0.4 is 5.73 Å². The zero-order valence-corrected chi connectivity index (χ0v) is 14.7. The lowest BCUT2D eigenvalue weighted by Gasteiger charge is -2.30. The summed E-state index contributed by atoms with van der Waals surface area (Å²) in [4.78, 5) is 14.5. The highest BCUT2D eigenvalue weighted by molar-refractivity contribution is 6.33. The lowest BCUT2D eigenvalue weighted by atomic mass is 10.0.